The van der Waals surface area contributed by atoms with Crippen LogP contribution in [0.2, 0.25) is 0 Å². The quantitative estimate of drug-likeness (QED) is 0.776. The van der Waals surface area contributed by atoms with Gasteiger partial charge in [-0.1, -0.05) is 37.3 Å². The van der Waals surface area contributed by atoms with Gasteiger partial charge in [0.25, 0.3) is 0 Å². The Bertz CT molecular complexity index is 941. The SMILES string of the molecule is CCc1nc(C)ncc1OC[C@@]1(C2C=CC=CC2)C[C@H]1C(=O)Nc1ccccn1. The maximum atomic E-state index is 12.9. The molecule has 0 radical (unpaired) electrons. The number of aromatic nitrogens is 3. The second-order valence-electron chi connectivity index (χ2n) is 7.72. The van der Waals surface area contributed by atoms with E-state index in [-0.39, 0.29) is 23.2 Å². The molecule has 1 fully saturated rings. The minimum Gasteiger partial charge on any atom is -0.489 e. The number of nitrogens with one attached hydrogen (secondary N) is 1. The second-order valence-corrected chi connectivity index (χ2v) is 7.72. The number of hydrogen-bond acceptors (Lipinski definition) is 5. The van der Waals surface area contributed by atoms with Crippen LogP contribution in [0.15, 0.2) is 54.9 Å². The van der Waals surface area contributed by atoms with Crippen molar-refractivity contribution in [2.24, 2.45) is 17.3 Å². The molecule has 0 saturated heterocycles. The Morgan fingerprint density at radius 1 is 1.31 bits per heavy atom. The van der Waals surface area contributed by atoms with Crippen LogP contribution in [-0.4, -0.2) is 27.5 Å². The minimum atomic E-state index is -0.226. The topological polar surface area (TPSA) is 77.0 Å². The molecule has 1 unspecified atom stereocenters. The Labute approximate surface area is 171 Å². The predicted octanol–water partition coefficient (Wildman–Crippen LogP) is 3.90. The molecule has 1 saturated carbocycles. The smallest absolute Gasteiger partial charge is 0.229 e. The standard InChI is InChI=1S/C23H26N4O2/c1-3-19-20(14-25-16(2)26-19)29-15-23(17-9-5-4-6-10-17)13-18(23)22(28)27-21-11-7-8-12-24-21/h4-9,11-12,14,17-18H,3,10,13,15H2,1-2H3,(H,24,27,28)/t17?,18-,23+/m0/s1. The van der Waals surface area contributed by atoms with Crippen molar-refractivity contribution in [2.75, 3.05) is 11.9 Å². The van der Waals surface area contributed by atoms with E-state index in [1.807, 2.05) is 19.1 Å². The van der Waals surface area contributed by atoms with Crippen LogP contribution in [0.1, 0.15) is 31.3 Å². The molecule has 29 heavy (non-hydrogen) atoms. The Kier molecular flexibility index (Phi) is 5.43. The Hall–Kier alpha value is -3.02. The Morgan fingerprint density at radius 2 is 2.21 bits per heavy atom. The summed E-state index contributed by atoms with van der Waals surface area (Å²) < 4.78 is 6.22. The Morgan fingerprint density at radius 3 is 2.93 bits per heavy atom. The average molecular weight is 390 g/mol. The lowest BCUT2D eigenvalue weighted by molar-refractivity contribution is -0.118. The van der Waals surface area contributed by atoms with E-state index in [0.717, 1.165) is 30.8 Å². The number of rotatable bonds is 7. The molecular weight excluding hydrogens is 364 g/mol. The predicted molar refractivity (Wildman–Crippen MR) is 111 cm³/mol. The number of nitrogens with zero attached hydrogens (tertiary/aromatic N) is 3. The highest BCUT2D eigenvalue weighted by Gasteiger charge is 2.62. The van der Waals surface area contributed by atoms with Crippen LogP contribution in [0, 0.1) is 24.2 Å². The summed E-state index contributed by atoms with van der Waals surface area (Å²) in [5.41, 5.74) is 0.678. The number of ether oxygens (including phenoxy) is 1. The molecule has 2 aliphatic carbocycles. The molecule has 2 aliphatic rings. The van der Waals surface area contributed by atoms with E-state index in [9.17, 15) is 4.79 Å². The van der Waals surface area contributed by atoms with Gasteiger partial charge in [0, 0.05) is 17.5 Å². The van der Waals surface area contributed by atoms with Crippen molar-refractivity contribution in [3.63, 3.8) is 0 Å². The normalized spacial score (nSPS) is 24.9. The van der Waals surface area contributed by atoms with Crippen molar-refractivity contribution >= 4 is 11.7 Å². The maximum Gasteiger partial charge on any atom is 0.229 e. The molecule has 6 heteroatoms. The lowest BCUT2D eigenvalue weighted by atomic mass is 9.82. The molecule has 0 aromatic carbocycles. The first kappa shape index (κ1) is 19.3. The van der Waals surface area contributed by atoms with Crippen LogP contribution in [0.5, 0.6) is 5.75 Å². The molecule has 3 atom stereocenters. The molecule has 2 aromatic heterocycles. The van der Waals surface area contributed by atoms with Crippen LogP contribution in [-0.2, 0) is 11.2 Å². The van der Waals surface area contributed by atoms with Gasteiger partial charge in [-0.15, -0.1) is 0 Å². The fourth-order valence-corrected chi connectivity index (χ4v) is 4.10. The number of pyridine rings is 1. The lowest BCUT2D eigenvalue weighted by Crippen LogP contribution is -2.29. The summed E-state index contributed by atoms with van der Waals surface area (Å²) in [5, 5.41) is 2.95. The van der Waals surface area contributed by atoms with Gasteiger partial charge < -0.3 is 10.1 Å². The van der Waals surface area contributed by atoms with Crippen molar-refractivity contribution in [2.45, 2.75) is 33.1 Å². The van der Waals surface area contributed by atoms with E-state index in [0.29, 0.717) is 18.2 Å². The van der Waals surface area contributed by atoms with Gasteiger partial charge >= 0.3 is 0 Å². The number of amides is 1. The number of allylic oxidation sites excluding steroid dienone is 4. The van der Waals surface area contributed by atoms with Crippen LogP contribution in [0.25, 0.3) is 0 Å². The zero-order chi connectivity index (χ0) is 20.3. The summed E-state index contributed by atoms with van der Waals surface area (Å²) in [6.45, 7) is 4.40. The van der Waals surface area contributed by atoms with Gasteiger partial charge in [-0.25, -0.2) is 15.0 Å². The van der Waals surface area contributed by atoms with E-state index < -0.39 is 0 Å². The first-order chi connectivity index (χ1) is 14.1. The molecule has 0 spiro atoms. The molecule has 0 aliphatic heterocycles. The second kappa shape index (κ2) is 8.15. The average Bonchev–Trinajstić information content (AvgIpc) is 3.50. The third-order valence-electron chi connectivity index (χ3n) is 5.85. The highest BCUT2D eigenvalue weighted by Crippen LogP contribution is 2.60. The number of carbonyl (C=O) groups excluding carboxylic acids is 1. The molecule has 1 amide bonds. The fourth-order valence-electron chi connectivity index (χ4n) is 4.10. The van der Waals surface area contributed by atoms with Gasteiger partial charge in [-0.3, -0.25) is 4.79 Å². The summed E-state index contributed by atoms with van der Waals surface area (Å²) in [5.74, 6) is 2.20. The summed E-state index contributed by atoms with van der Waals surface area (Å²) in [6.07, 6.45) is 14.4. The van der Waals surface area contributed by atoms with Gasteiger partial charge in [0.1, 0.15) is 11.6 Å². The van der Waals surface area contributed by atoms with E-state index in [1.54, 1.807) is 18.5 Å². The largest absolute Gasteiger partial charge is 0.489 e. The van der Waals surface area contributed by atoms with Crippen LogP contribution in [0.4, 0.5) is 5.82 Å². The van der Waals surface area contributed by atoms with Crippen LogP contribution >= 0.6 is 0 Å². The fraction of sp³-hybridized carbons (Fsp3) is 0.391. The summed E-state index contributed by atoms with van der Waals surface area (Å²) >= 11 is 0. The van der Waals surface area contributed by atoms with Crippen LogP contribution < -0.4 is 10.1 Å². The van der Waals surface area contributed by atoms with Gasteiger partial charge in [-0.2, -0.15) is 0 Å². The lowest BCUT2D eigenvalue weighted by Gasteiger charge is -2.26. The van der Waals surface area contributed by atoms with Crippen molar-refractivity contribution in [1.82, 2.24) is 15.0 Å². The Balaban J connectivity index is 1.51. The zero-order valence-corrected chi connectivity index (χ0v) is 16.8. The van der Waals surface area contributed by atoms with Gasteiger partial charge in [0.2, 0.25) is 5.91 Å². The molecule has 2 aromatic rings. The highest BCUT2D eigenvalue weighted by molar-refractivity contribution is 5.94. The molecule has 0 bridgehead atoms. The summed E-state index contributed by atoms with van der Waals surface area (Å²) in [6, 6.07) is 5.50. The third kappa shape index (κ3) is 4.06. The molecule has 2 heterocycles. The maximum absolute atomic E-state index is 12.9. The van der Waals surface area contributed by atoms with E-state index in [1.165, 1.54) is 0 Å². The van der Waals surface area contributed by atoms with Crippen molar-refractivity contribution in [3.05, 3.63) is 66.4 Å². The molecule has 4 rings (SSSR count). The van der Waals surface area contributed by atoms with E-state index in [2.05, 4.69) is 51.5 Å². The van der Waals surface area contributed by atoms with Crippen molar-refractivity contribution < 1.29 is 9.53 Å². The number of anilines is 1. The first-order valence-electron chi connectivity index (χ1n) is 10.1. The molecule has 1 N–H and O–H groups in total. The number of carbonyl (C=O) groups is 1. The van der Waals surface area contributed by atoms with Gasteiger partial charge in [0.05, 0.1) is 18.5 Å². The molecular formula is C23H26N4O2. The van der Waals surface area contributed by atoms with Crippen LogP contribution in [0.3, 0.4) is 0 Å². The number of hydrogen-bond donors (Lipinski definition) is 1. The van der Waals surface area contributed by atoms with Crippen molar-refractivity contribution in [3.8, 4) is 5.75 Å². The first-order valence-corrected chi connectivity index (χ1v) is 10.1. The summed E-state index contributed by atoms with van der Waals surface area (Å²) in [4.78, 5) is 25.9. The highest BCUT2D eigenvalue weighted by atomic mass is 16.5. The molecule has 150 valence electrons. The zero-order valence-electron chi connectivity index (χ0n) is 16.8. The van der Waals surface area contributed by atoms with E-state index >= 15 is 0 Å². The molecule has 6 nitrogen and oxygen atoms in total. The van der Waals surface area contributed by atoms with Gasteiger partial charge in [0.15, 0.2) is 5.75 Å². The van der Waals surface area contributed by atoms with E-state index in [4.69, 9.17) is 4.74 Å². The monoisotopic (exact) mass is 390 g/mol. The summed E-state index contributed by atoms with van der Waals surface area (Å²) in [7, 11) is 0. The van der Waals surface area contributed by atoms with Gasteiger partial charge in [-0.05, 0) is 44.2 Å². The third-order valence-corrected chi connectivity index (χ3v) is 5.85. The van der Waals surface area contributed by atoms with Crippen molar-refractivity contribution in [1.29, 1.82) is 0 Å². The minimum absolute atomic E-state index is 0.00567. The number of aryl methyl sites for hydroxylation is 2.